The van der Waals surface area contributed by atoms with Gasteiger partial charge in [0.25, 0.3) is 5.17 Å². The number of methoxy groups -OCH3 is 1. The van der Waals surface area contributed by atoms with Crippen LogP contribution in [0.4, 0.5) is 5.13 Å². The molecular formula is C18H16N2O2S2. The standard InChI is InChI=1S/C18H16N2O2S2/c1-21-13-7-8-14-16(11-13)24-17(19-14)20-10-9-15(22-18(20)23)12-5-3-2-4-6-12/h2-8,11,15H,9-10H2,1H3. The lowest BCUT2D eigenvalue weighted by Crippen LogP contribution is -2.38. The van der Waals surface area contributed by atoms with Crippen LogP contribution in [0.25, 0.3) is 10.2 Å². The SMILES string of the molecule is COc1ccc2nc(N3CCC(c4ccccc4)OC3=S)sc2c1. The number of aromatic nitrogens is 1. The second-order valence-electron chi connectivity index (χ2n) is 5.55. The van der Waals surface area contributed by atoms with Gasteiger partial charge in [-0.15, -0.1) is 0 Å². The van der Waals surface area contributed by atoms with Gasteiger partial charge in [0.2, 0.25) is 0 Å². The van der Waals surface area contributed by atoms with Gasteiger partial charge in [-0.05, 0) is 36.0 Å². The minimum atomic E-state index is 0.0180. The molecule has 1 aliphatic heterocycles. The molecule has 1 atom stereocenters. The third-order valence-electron chi connectivity index (χ3n) is 4.06. The third-order valence-corrected chi connectivity index (χ3v) is 5.42. The molecule has 0 amide bonds. The molecule has 4 rings (SSSR count). The molecule has 3 aromatic rings. The quantitative estimate of drug-likeness (QED) is 0.643. The molecule has 0 N–H and O–H groups in total. The zero-order valence-corrected chi connectivity index (χ0v) is 14.8. The number of thiocarbonyl (C=S) groups is 1. The van der Waals surface area contributed by atoms with Crippen molar-refractivity contribution < 1.29 is 9.47 Å². The molecule has 1 fully saturated rings. The van der Waals surface area contributed by atoms with Crippen molar-refractivity contribution in [3.8, 4) is 5.75 Å². The molecule has 0 spiro atoms. The van der Waals surface area contributed by atoms with Crippen LogP contribution < -0.4 is 9.64 Å². The maximum absolute atomic E-state index is 5.98. The third kappa shape index (κ3) is 2.83. The Morgan fingerprint density at radius 2 is 2.08 bits per heavy atom. The van der Waals surface area contributed by atoms with Crippen LogP contribution in [-0.4, -0.2) is 23.8 Å². The molecule has 0 bridgehead atoms. The van der Waals surface area contributed by atoms with Crippen molar-refractivity contribution in [1.29, 1.82) is 0 Å². The largest absolute Gasteiger partial charge is 0.497 e. The summed E-state index contributed by atoms with van der Waals surface area (Å²) in [7, 11) is 1.67. The number of thiazole rings is 1. The predicted molar refractivity (Wildman–Crippen MR) is 101 cm³/mol. The van der Waals surface area contributed by atoms with Gasteiger partial charge in [0, 0.05) is 13.0 Å². The molecule has 2 aromatic carbocycles. The highest BCUT2D eigenvalue weighted by Crippen LogP contribution is 2.35. The Hall–Kier alpha value is -2.18. The van der Waals surface area contributed by atoms with Crippen LogP contribution in [0.3, 0.4) is 0 Å². The Bertz CT molecular complexity index is 879. The van der Waals surface area contributed by atoms with Gasteiger partial charge >= 0.3 is 0 Å². The summed E-state index contributed by atoms with van der Waals surface area (Å²) >= 11 is 7.09. The number of ether oxygens (including phenoxy) is 2. The summed E-state index contributed by atoms with van der Waals surface area (Å²) in [5.41, 5.74) is 2.11. The lowest BCUT2D eigenvalue weighted by Gasteiger charge is -2.32. The molecule has 122 valence electrons. The topological polar surface area (TPSA) is 34.6 Å². The van der Waals surface area contributed by atoms with Crippen molar-refractivity contribution in [2.24, 2.45) is 0 Å². The fourth-order valence-electron chi connectivity index (χ4n) is 2.79. The number of benzene rings is 2. The van der Waals surface area contributed by atoms with E-state index in [9.17, 15) is 0 Å². The average molecular weight is 356 g/mol. The molecule has 24 heavy (non-hydrogen) atoms. The molecule has 2 heterocycles. The lowest BCUT2D eigenvalue weighted by molar-refractivity contribution is 0.166. The maximum Gasteiger partial charge on any atom is 0.266 e. The van der Waals surface area contributed by atoms with Gasteiger partial charge in [-0.3, -0.25) is 4.90 Å². The zero-order chi connectivity index (χ0) is 16.5. The summed E-state index contributed by atoms with van der Waals surface area (Å²) in [5, 5.41) is 1.36. The highest BCUT2D eigenvalue weighted by atomic mass is 32.1. The summed E-state index contributed by atoms with van der Waals surface area (Å²) in [5.74, 6) is 0.833. The molecule has 1 saturated heterocycles. The molecule has 4 nitrogen and oxygen atoms in total. The normalized spacial score (nSPS) is 17.8. The highest BCUT2D eigenvalue weighted by molar-refractivity contribution is 7.80. The fourth-order valence-corrected chi connectivity index (χ4v) is 4.16. The fraction of sp³-hybridized carbons (Fsp3) is 0.222. The second-order valence-corrected chi connectivity index (χ2v) is 6.91. The van der Waals surface area contributed by atoms with Crippen molar-refractivity contribution in [3.05, 3.63) is 54.1 Å². The van der Waals surface area contributed by atoms with Gasteiger partial charge in [0.1, 0.15) is 11.9 Å². The van der Waals surface area contributed by atoms with E-state index in [4.69, 9.17) is 21.7 Å². The predicted octanol–water partition coefficient (Wildman–Crippen LogP) is 4.56. The minimum absolute atomic E-state index is 0.0180. The molecule has 6 heteroatoms. The van der Waals surface area contributed by atoms with E-state index in [2.05, 4.69) is 17.1 Å². The van der Waals surface area contributed by atoms with E-state index in [-0.39, 0.29) is 6.10 Å². The van der Waals surface area contributed by atoms with E-state index in [1.807, 2.05) is 41.3 Å². The van der Waals surface area contributed by atoms with E-state index >= 15 is 0 Å². The monoisotopic (exact) mass is 356 g/mol. The molecule has 1 aromatic heterocycles. The van der Waals surface area contributed by atoms with Gasteiger partial charge in [0.15, 0.2) is 5.13 Å². The van der Waals surface area contributed by atoms with Gasteiger partial charge in [-0.2, -0.15) is 0 Å². The van der Waals surface area contributed by atoms with E-state index < -0.39 is 0 Å². The van der Waals surface area contributed by atoms with E-state index in [1.165, 1.54) is 0 Å². The summed E-state index contributed by atoms with van der Waals surface area (Å²) in [6.07, 6.45) is 0.896. The van der Waals surface area contributed by atoms with E-state index in [0.717, 1.165) is 39.6 Å². The van der Waals surface area contributed by atoms with Crippen LogP contribution in [0.2, 0.25) is 0 Å². The molecule has 1 unspecified atom stereocenters. The number of nitrogens with zero attached hydrogens (tertiary/aromatic N) is 2. The first-order valence-corrected chi connectivity index (χ1v) is 8.95. The summed E-state index contributed by atoms with van der Waals surface area (Å²) in [6, 6.07) is 16.1. The number of fused-ring (bicyclic) bond motifs is 1. The number of rotatable bonds is 3. The number of hydrogen-bond acceptors (Lipinski definition) is 5. The van der Waals surface area contributed by atoms with E-state index in [1.54, 1.807) is 18.4 Å². The van der Waals surface area contributed by atoms with Crippen molar-refractivity contribution in [2.75, 3.05) is 18.6 Å². The molecular weight excluding hydrogens is 340 g/mol. The first-order valence-electron chi connectivity index (χ1n) is 7.72. The number of hydrogen-bond donors (Lipinski definition) is 0. The van der Waals surface area contributed by atoms with Crippen molar-refractivity contribution in [2.45, 2.75) is 12.5 Å². The molecule has 1 aliphatic rings. The van der Waals surface area contributed by atoms with Crippen LogP contribution in [0, 0.1) is 0 Å². The smallest absolute Gasteiger partial charge is 0.266 e. The first-order chi connectivity index (χ1) is 11.7. The van der Waals surface area contributed by atoms with Gasteiger partial charge in [-0.1, -0.05) is 41.7 Å². The lowest BCUT2D eigenvalue weighted by atomic mass is 10.1. The van der Waals surface area contributed by atoms with Crippen molar-refractivity contribution >= 4 is 44.1 Å². The zero-order valence-electron chi connectivity index (χ0n) is 13.1. The Balaban J connectivity index is 1.56. The Kier molecular flexibility index (Phi) is 4.08. The van der Waals surface area contributed by atoms with Crippen LogP contribution in [-0.2, 0) is 4.74 Å². The van der Waals surface area contributed by atoms with Gasteiger partial charge in [0.05, 0.1) is 17.3 Å². The summed E-state index contributed by atoms with van der Waals surface area (Å²) in [4.78, 5) is 6.66. The van der Waals surface area contributed by atoms with Gasteiger partial charge in [-0.25, -0.2) is 4.98 Å². The van der Waals surface area contributed by atoms with E-state index in [0.29, 0.717) is 5.17 Å². The molecule has 0 saturated carbocycles. The number of anilines is 1. The maximum atomic E-state index is 5.98. The Morgan fingerprint density at radius 1 is 1.25 bits per heavy atom. The summed E-state index contributed by atoms with van der Waals surface area (Å²) in [6.45, 7) is 0.801. The Labute approximate surface area is 149 Å². The summed E-state index contributed by atoms with van der Waals surface area (Å²) < 4.78 is 12.3. The van der Waals surface area contributed by atoms with Crippen LogP contribution in [0.15, 0.2) is 48.5 Å². The van der Waals surface area contributed by atoms with Crippen molar-refractivity contribution in [1.82, 2.24) is 4.98 Å². The minimum Gasteiger partial charge on any atom is -0.497 e. The molecule has 0 radical (unpaired) electrons. The van der Waals surface area contributed by atoms with Crippen LogP contribution >= 0.6 is 23.6 Å². The Morgan fingerprint density at radius 3 is 2.83 bits per heavy atom. The second kappa shape index (κ2) is 6.37. The highest BCUT2D eigenvalue weighted by Gasteiger charge is 2.28. The van der Waals surface area contributed by atoms with Crippen LogP contribution in [0.5, 0.6) is 5.75 Å². The van der Waals surface area contributed by atoms with Gasteiger partial charge < -0.3 is 9.47 Å². The van der Waals surface area contributed by atoms with Crippen molar-refractivity contribution in [3.63, 3.8) is 0 Å². The first kappa shape index (κ1) is 15.4. The average Bonchev–Trinajstić information content (AvgIpc) is 3.05. The van der Waals surface area contributed by atoms with Crippen LogP contribution in [0.1, 0.15) is 18.1 Å². The molecule has 0 aliphatic carbocycles.